The van der Waals surface area contributed by atoms with Crippen LogP contribution in [0.25, 0.3) is 5.57 Å². The average molecular weight is 701 g/mol. The molecule has 1 aromatic carbocycles. The Morgan fingerprint density at radius 2 is 1.35 bits per heavy atom. The highest BCUT2D eigenvalue weighted by atomic mass is 16.5. The summed E-state index contributed by atoms with van der Waals surface area (Å²) in [5, 5.41) is 0. The van der Waals surface area contributed by atoms with Crippen molar-refractivity contribution in [3.63, 3.8) is 0 Å². The molecule has 284 valence electrons. The van der Waals surface area contributed by atoms with Gasteiger partial charge in [-0.1, -0.05) is 109 Å². The van der Waals surface area contributed by atoms with E-state index in [1.165, 1.54) is 99.3 Å². The normalized spacial score (nSPS) is 21.6. The zero-order chi connectivity index (χ0) is 37.3. The molecule has 0 bridgehead atoms. The maximum atomic E-state index is 12.1. The second-order valence-corrected chi connectivity index (χ2v) is 16.0. The van der Waals surface area contributed by atoms with Crippen molar-refractivity contribution in [1.29, 1.82) is 0 Å². The molecule has 3 rings (SSSR count). The van der Waals surface area contributed by atoms with Gasteiger partial charge in [-0.05, 0) is 143 Å². The lowest BCUT2D eigenvalue weighted by Crippen LogP contribution is -2.31. The first kappa shape index (κ1) is 42.5. The number of hydrogen-bond acceptors (Lipinski definition) is 4. The van der Waals surface area contributed by atoms with Crippen LogP contribution in [-0.2, 0) is 25.5 Å². The Morgan fingerprint density at radius 3 is 1.84 bits per heavy atom. The van der Waals surface area contributed by atoms with E-state index in [-0.39, 0.29) is 31.1 Å². The van der Waals surface area contributed by atoms with E-state index in [4.69, 9.17) is 9.47 Å². The molecule has 4 nitrogen and oxygen atoms in total. The lowest BCUT2D eigenvalue weighted by molar-refractivity contribution is -0.145. The van der Waals surface area contributed by atoms with E-state index in [9.17, 15) is 9.59 Å². The fraction of sp³-hybridized carbons (Fsp3) is 0.660. The van der Waals surface area contributed by atoms with E-state index in [1.807, 2.05) is 0 Å². The maximum absolute atomic E-state index is 12.1. The van der Waals surface area contributed by atoms with Gasteiger partial charge in [-0.25, -0.2) is 9.59 Å². The Morgan fingerprint density at radius 1 is 0.784 bits per heavy atom. The molecule has 2 saturated carbocycles. The SMILES string of the molecule is C=C(C)C(=O)OCC(COC(=O)C(=C)C)C1CCC(CCC2CCC(c3ccc(/C(=C/C(CC)=C(\C)CCCCC)CC)c(CC)c3)CC2)CC1. The van der Waals surface area contributed by atoms with Gasteiger partial charge in [0.25, 0.3) is 0 Å². The van der Waals surface area contributed by atoms with Crippen LogP contribution in [0.2, 0.25) is 0 Å². The van der Waals surface area contributed by atoms with Crippen LogP contribution in [0, 0.1) is 23.7 Å². The van der Waals surface area contributed by atoms with Gasteiger partial charge in [0.15, 0.2) is 0 Å². The second kappa shape index (κ2) is 22.2. The third-order valence-electron chi connectivity index (χ3n) is 12.1. The van der Waals surface area contributed by atoms with E-state index >= 15 is 0 Å². The van der Waals surface area contributed by atoms with Crippen LogP contribution in [0.4, 0.5) is 0 Å². The summed E-state index contributed by atoms with van der Waals surface area (Å²) in [6.07, 6.45) is 23.5. The molecule has 1 aromatic rings. The lowest BCUT2D eigenvalue weighted by atomic mass is 9.72. The van der Waals surface area contributed by atoms with Gasteiger partial charge in [0.05, 0.1) is 13.2 Å². The third kappa shape index (κ3) is 13.6. The van der Waals surface area contributed by atoms with E-state index in [0.29, 0.717) is 23.0 Å². The Labute approximate surface area is 312 Å². The molecule has 0 radical (unpaired) electrons. The predicted molar refractivity (Wildman–Crippen MR) is 216 cm³/mol. The number of rotatable bonds is 20. The highest BCUT2D eigenvalue weighted by Gasteiger charge is 2.31. The van der Waals surface area contributed by atoms with Gasteiger partial charge in [-0.3, -0.25) is 0 Å². The van der Waals surface area contributed by atoms with Gasteiger partial charge in [0.1, 0.15) is 0 Å². The molecular weight excluding hydrogens is 629 g/mol. The molecule has 0 aromatic heterocycles. The number of carbonyl (C=O) groups excluding carboxylic acids is 2. The molecule has 4 heteroatoms. The molecule has 0 heterocycles. The molecule has 0 N–H and O–H groups in total. The fourth-order valence-electron chi connectivity index (χ4n) is 8.52. The average Bonchev–Trinajstić information content (AvgIpc) is 3.14. The molecule has 0 atom stereocenters. The summed E-state index contributed by atoms with van der Waals surface area (Å²) in [5.41, 5.74) is 9.93. The smallest absolute Gasteiger partial charge is 0.333 e. The quantitative estimate of drug-likeness (QED) is 0.0588. The highest BCUT2D eigenvalue weighted by Crippen LogP contribution is 2.42. The van der Waals surface area contributed by atoms with Crippen molar-refractivity contribution in [2.75, 3.05) is 13.2 Å². The molecule has 0 spiro atoms. The van der Waals surface area contributed by atoms with E-state index in [2.05, 4.69) is 72.1 Å². The monoisotopic (exact) mass is 701 g/mol. The van der Waals surface area contributed by atoms with Crippen molar-refractivity contribution < 1.29 is 19.1 Å². The summed E-state index contributed by atoms with van der Waals surface area (Å²) in [4.78, 5) is 24.2. The standard InChI is InChI=1S/C47H72O4/c1-10-14-15-16-35(9)38(11-2)29-39(12-3)45-28-27-43(30-40(45)13-4)41-23-19-36(20-24-41)17-18-37-21-25-42(26-22-37)44(31-50-46(48)33(5)6)32-51-47(49)34(7)8/h27-30,36-37,41-42,44H,5,7,10-26,31-32H2,1-4,6,8-9H3/b38-35+,39-29+. The van der Waals surface area contributed by atoms with Crippen LogP contribution in [0.3, 0.4) is 0 Å². The largest absolute Gasteiger partial charge is 0.462 e. The van der Waals surface area contributed by atoms with Crippen LogP contribution < -0.4 is 0 Å². The molecule has 2 aliphatic rings. The number of unbranched alkanes of at least 4 members (excludes halogenated alkanes) is 2. The Balaban J connectivity index is 1.52. The summed E-state index contributed by atoms with van der Waals surface area (Å²) < 4.78 is 11.0. The summed E-state index contributed by atoms with van der Waals surface area (Å²) in [5.74, 6) is 1.94. The molecular formula is C47H72O4. The number of benzene rings is 1. The van der Waals surface area contributed by atoms with Crippen molar-refractivity contribution in [1.82, 2.24) is 0 Å². The van der Waals surface area contributed by atoms with Crippen LogP contribution in [0.5, 0.6) is 0 Å². The minimum Gasteiger partial charge on any atom is -0.462 e. The number of aryl methyl sites for hydroxylation is 1. The lowest BCUT2D eigenvalue weighted by Gasteiger charge is -2.35. The third-order valence-corrected chi connectivity index (χ3v) is 12.1. The number of allylic oxidation sites excluding steroid dienone is 4. The second-order valence-electron chi connectivity index (χ2n) is 16.0. The van der Waals surface area contributed by atoms with E-state index < -0.39 is 0 Å². The molecule has 2 fully saturated rings. The van der Waals surface area contributed by atoms with Crippen LogP contribution in [0.15, 0.2) is 59.7 Å². The summed E-state index contributed by atoms with van der Waals surface area (Å²) >= 11 is 0. The summed E-state index contributed by atoms with van der Waals surface area (Å²) in [6.45, 7) is 22.8. The van der Waals surface area contributed by atoms with Gasteiger partial charge in [0, 0.05) is 17.1 Å². The summed E-state index contributed by atoms with van der Waals surface area (Å²) in [7, 11) is 0. The molecule has 0 saturated heterocycles. The van der Waals surface area contributed by atoms with E-state index in [1.54, 1.807) is 25.0 Å². The van der Waals surface area contributed by atoms with Gasteiger partial charge in [-0.2, -0.15) is 0 Å². The Hall–Kier alpha value is -2.88. The van der Waals surface area contributed by atoms with Crippen molar-refractivity contribution in [3.8, 4) is 0 Å². The summed E-state index contributed by atoms with van der Waals surface area (Å²) in [6, 6.07) is 7.46. The van der Waals surface area contributed by atoms with Gasteiger partial charge >= 0.3 is 11.9 Å². The van der Waals surface area contributed by atoms with Crippen LogP contribution in [0.1, 0.15) is 174 Å². The Kier molecular flexibility index (Phi) is 18.6. The molecule has 0 amide bonds. The first-order chi connectivity index (χ1) is 24.5. The first-order valence-electron chi connectivity index (χ1n) is 20.7. The Bertz CT molecular complexity index is 1320. The van der Waals surface area contributed by atoms with Gasteiger partial charge in [0.2, 0.25) is 0 Å². The maximum Gasteiger partial charge on any atom is 0.333 e. The molecule has 0 aliphatic heterocycles. The van der Waals surface area contributed by atoms with Crippen LogP contribution >= 0.6 is 0 Å². The highest BCUT2D eigenvalue weighted by molar-refractivity contribution is 5.87. The van der Waals surface area contributed by atoms with Crippen molar-refractivity contribution in [2.45, 2.75) is 164 Å². The van der Waals surface area contributed by atoms with Gasteiger partial charge in [-0.15, -0.1) is 0 Å². The van der Waals surface area contributed by atoms with Gasteiger partial charge < -0.3 is 9.47 Å². The fourth-order valence-corrected chi connectivity index (χ4v) is 8.52. The minimum atomic E-state index is -0.378. The van der Waals surface area contributed by atoms with E-state index in [0.717, 1.165) is 43.9 Å². The number of ether oxygens (including phenoxy) is 2. The number of carbonyl (C=O) groups is 2. The predicted octanol–water partition coefficient (Wildman–Crippen LogP) is 13.1. The molecule has 2 aliphatic carbocycles. The molecule has 51 heavy (non-hydrogen) atoms. The molecule has 0 unspecified atom stereocenters. The van der Waals surface area contributed by atoms with Crippen molar-refractivity contribution in [3.05, 3.63) is 76.4 Å². The van der Waals surface area contributed by atoms with Crippen LogP contribution in [-0.4, -0.2) is 25.2 Å². The van der Waals surface area contributed by atoms with Crippen molar-refractivity contribution in [2.24, 2.45) is 23.7 Å². The number of esters is 2. The first-order valence-corrected chi connectivity index (χ1v) is 20.7. The van der Waals surface area contributed by atoms with Crippen molar-refractivity contribution >= 4 is 17.5 Å². The zero-order valence-electron chi connectivity index (χ0n) is 33.7. The zero-order valence-corrected chi connectivity index (χ0v) is 33.7. The topological polar surface area (TPSA) is 52.6 Å². The number of hydrogen-bond donors (Lipinski definition) is 0. The minimum absolute atomic E-state index is 0.00914.